The van der Waals surface area contributed by atoms with Crippen molar-refractivity contribution in [1.29, 1.82) is 5.26 Å². The lowest BCUT2D eigenvalue weighted by molar-refractivity contribution is 0.281. The summed E-state index contributed by atoms with van der Waals surface area (Å²) in [6, 6.07) is 9.46. The van der Waals surface area contributed by atoms with E-state index >= 15 is 0 Å². The predicted octanol–water partition coefficient (Wildman–Crippen LogP) is 1.86. The van der Waals surface area contributed by atoms with Gasteiger partial charge in [-0.05, 0) is 25.1 Å². The molecule has 1 N–H and O–H groups in total. The van der Waals surface area contributed by atoms with Crippen LogP contribution < -0.4 is 4.90 Å². The molecule has 0 unspecified atom stereocenters. The molecule has 1 aromatic heterocycles. The second-order valence-corrected chi connectivity index (χ2v) is 4.39. The summed E-state index contributed by atoms with van der Waals surface area (Å²) >= 11 is 0. The first-order valence-corrected chi connectivity index (χ1v) is 5.95. The molecular weight excluding hydrogens is 240 g/mol. The van der Waals surface area contributed by atoms with Gasteiger partial charge < -0.3 is 10.0 Å². The Morgan fingerprint density at radius 3 is 2.84 bits per heavy atom. The van der Waals surface area contributed by atoms with Gasteiger partial charge in [0.25, 0.3) is 0 Å². The van der Waals surface area contributed by atoms with E-state index in [9.17, 15) is 5.11 Å². The summed E-state index contributed by atoms with van der Waals surface area (Å²) in [7, 11) is 3.73. The highest BCUT2D eigenvalue weighted by molar-refractivity contribution is 5.64. The minimum Gasteiger partial charge on any atom is -0.391 e. The fraction of sp³-hybridized carbons (Fsp3) is 0.286. The highest BCUT2D eigenvalue weighted by atomic mass is 16.3. The van der Waals surface area contributed by atoms with E-state index in [1.54, 1.807) is 10.7 Å². The maximum Gasteiger partial charge on any atom is 0.136 e. The van der Waals surface area contributed by atoms with Crippen LogP contribution >= 0.6 is 0 Å². The standard InChI is InChI=1S/C14H16N4O/c1-10-13(9-19)14(18(3)16-10)17(2)12-6-4-5-11(7-12)8-15/h4-7,19H,9H2,1-3H3. The molecule has 2 aromatic rings. The minimum absolute atomic E-state index is 0.0582. The molecule has 0 aliphatic rings. The Hall–Kier alpha value is -2.32. The number of nitriles is 1. The van der Waals surface area contributed by atoms with E-state index in [2.05, 4.69) is 11.2 Å². The molecule has 0 radical (unpaired) electrons. The van der Waals surface area contributed by atoms with E-state index in [1.807, 2.05) is 44.1 Å². The fourth-order valence-corrected chi connectivity index (χ4v) is 2.20. The molecule has 0 bridgehead atoms. The Balaban J connectivity index is 2.49. The van der Waals surface area contributed by atoms with Crippen molar-refractivity contribution < 1.29 is 5.11 Å². The second-order valence-electron chi connectivity index (χ2n) is 4.39. The zero-order chi connectivity index (χ0) is 14.0. The number of hydrogen-bond acceptors (Lipinski definition) is 4. The van der Waals surface area contributed by atoms with Gasteiger partial charge >= 0.3 is 0 Å². The van der Waals surface area contributed by atoms with E-state index in [0.717, 1.165) is 22.8 Å². The molecule has 1 aromatic carbocycles. The van der Waals surface area contributed by atoms with Crippen LogP contribution in [0.3, 0.4) is 0 Å². The number of nitrogens with zero attached hydrogens (tertiary/aromatic N) is 4. The first kappa shape index (κ1) is 13.1. The van der Waals surface area contributed by atoms with Gasteiger partial charge in [-0.15, -0.1) is 0 Å². The van der Waals surface area contributed by atoms with E-state index in [1.165, 1.54) is 0 Å². The van der Waals surface area contributed by atoms with Gasteiger partial charge in [0, 0.05) is 25.3 Å². The smallest absolute Gasteiger partial charge is 0.136 e. The summed E-state index contributed by atoms with van der Waals surface area (Å²) in [6.45, 7) is 1.81. The molecule has 5 nitrogen and oxygen atoms in total. The summed E-state index contributed by atoms with van der Waals surface area (Å²) in [6.07, 6.45) is 0. The van der Waals surface area contributed by atoms with Gasteiger partial charge in [0.2, 0.25) is 0 Å². The Bertz CT molecular complexity index is 639. The van der Waals surface area contributed by atoms with Crippen LogP contribution in [0.4, 0.5) is 11.5 Å². The molecule has 19 heavy (non-hydrogen) atoms. The van der Waals surface area contributed by atoms with E-state index in [0.29, 0.717) is 5.56 Å². The van der Waals surface area contributed by atoms with Gasteiger partial charge in [0.15, 0.2) is 0 Å². The van der Waals surface area contributed by atoms with Crippen molar-refractivity contribution in [3.05, 3.63) is 41.1 Å². The molecule has 0 amide bonds. The largest absolute Gasteiger partial charge is 0.391 e. The molecule has 0 aliphatic carbocycles. The first-order chi connectivity index (χ1) is 9.08. The molecule has 0 fully saturated rings. The van der Waals surface area contributed by atoms with Crippen LogP contribution in [0.1, 0.15) is 16.8 Å². The third-order valence-corrected chi connectivity index (χ3v) is 3.15. The maximum absolute atomic E-state index is 9.48. The third kappa shape index (κ3) is 2.30. The third-order valence-electron chi connectivity index (χ3n) is 3.15. The lowest BCUT2D eigenvalue weighted by atomic mass is 10.2. The summed E-state index contributed by atoms with van der Waals surface area (Å²) in [5.41, 5.74) is 3.10. The maximum atomic E-state index is 9.48. The average molecular weight is 256 g/mol. The monoisotopic (exact) mass is 256 g/mol. The van der Waals surface area contributed by atoms with Crippen LogP contribution in [-0.2, 0) is 13.7 Å². The Morgan fingerprint density at radius 1 is 1.47 bits per heavy atom. The minimum atomic E-state index is -0.0582. The lowest BCUT2D eigenvalue weighted by Gasteiger charge is -2.21. The van der Waals surface area contributed by atoms with Gasteiger partial charge in [-0.1, -0.05) is 6.07 Å². The molecule has 5 heteroatoms. The SMILES string of the molecule is Cc1nn(C)c(N(C)c2cccc(C#N)c2)c1CO. The van der Waals surface area contributed by atoms with Crippen molar-refractivity contribution in [3.63, 3.8) is 0 Å². The summed E-state index contributed by atoms with van der Waals surface area (Å²) in [5, 5.41) is 22.7. The van der Waals surface area contributed by atoms with E-state index in [4.69, 9.17) is 5.26 Å². The number of aryl methyl sites for hydroxylation is 2. The first-order valence-electron chi connectivity index (χ1n) is 5.95. The van der Waals surface area contributed by atoms with Gasteiger partial charge in [0.05, 0.1) is 23.9 Å². The Morgan fingerprint density at radius 2 is 2.21 bits per heavy atom. The number of benzene rings is 1. The van der Waals surface area contributed by atoms with Crippen molar-refractivity contribution in [2.75, 3.05) is 11.9 Å². The van der Waals surface area contributed by atoms with Crippen molar-refractivity contribution in [2.24, 2.45) is 7.05 Å². The highest BCUT2D eigenvalue weighted by Gasteiger charge is 2.17. The van der Waals surface area contributed by atoms with Crippen LogP contribution in [0.2, 0.25) is 0 Å². The average Bonchev–Trinajstić information content (AvgIpc) is 2.71. The van der Waals surface area contributed by atoms with Crippen LogP contribution in [-0.4, -0.2) is 21.9 Å². The number of hydrogen-bond donors (Lipinski definition) is 1. The zero-order valence-electron chi connectivity index (χ0n) is 11.3. The van der Waals surface area contributed by atoms with Gasteiger partial charge in [-0.25, -0.2) is 0 Å². The van der Waals surface area contributed by atoms with Gasteiger partial charge in [-0.2, -0.15) is 10.4 Å². The quantitative estimate of drug-likeness (QED) is 0.910. The summed E-state index contributed by atoms with van der Waals surface area (Å²) in [5.74, 6) is 0.829. The number of anilines is 2. The van der Waals surface area contributed by atoms with Crippen molar-refractivity contribution in [1.82, 2.24) is 9.78 Å². The molecule has 0 saturated carbocycles. The molecule has 0 saturated heterocycles. The van der Waals surface area contributed by atoms with Crippen molar-refractivity contribution >= 4 is 11.5 Å². The Labute approximate surface area is 112 Å². The lowest BCUT2D eigenvalue weighted by Crippen LogP contribution is -2.15. The van der Waals surface area contributed by atoms with Crippen molar-refractivity contribution in [2.45, 2.75) is 13.5 Å². The molecule has 0 atom stereocenters. The molecule has 2 rings (SSSR count). The van der Waals surface area contributed by atoms with Crippen LogP contribution in [0, 0.1) is 18.3 Å². The second kappa shape index (κ2) is 5.12. The number of aliphatic hydroxyl groups excluding tert-OH is 1. The zero-order valence-corrected chi connectivity index (χ0v) is 11.3. The predicted molar refractivity (Wildman–Crippen MR) is 73.1 cm³/mol. The van der Waals surface area contributed by atoms with Crippen LogP contribution in [0.5, 0.6) is 0 Å². The number of aromatic nitrogens is 2. The fourth-order valence-electron chi connectivity index (χ4n) is 2.20. The Kier molecular flexibility index (Phi) is 3.54. The highest BCUT2D eigenvalue weighted by Crippen LogP contribution is 2.28. The molecular formula is C14H16N4O. The van der Waals surface area contributed by atoms with Crippen LogP contribution in [0.25, 0.3) is 0 Å². The number of rotatable bonds is 3. The number of aliphatic hydroxyl groups is 1. The van der Waals surface area contributed by atoms with Gasteiger partial charge in [0.1, 0.15) is 5.82 Å². The topological polar surface area (TPSA) is 65.1 Å². The summed E-state index contributed by atoms with van der Waals surface area (Å²) < 4.78 is 1.74. The molecule has 0 aliphatic heterocycles. The molecule has 1 heterocycles. The molecule has 98 valence electrons. The summed E-state index contributed by atoms with van der Waals surface area (Å²) in [4.78, 5) is 1.92. The van der Waals surface area contributed by atoms with Crippen molar-refractivity contribution in [3.8, 4) is 6.07 Å². The van der Waals surface area contributed by atoms with Gasteiger partial charge in [-0.3, -0.25) is 4.68 Å². The van der Waals surface area contributed by atoms with E-state index < -0.39 is 0 Å². The molecule has 0 spiro atoms. The normalized spacial score (nSPS) is 10.3. The van der Waals surface area contributed by atoms with E-state index in [-0.39, 0.29) is 6.61 Å². The van der Waals surface area contributed by atoms with Crippen LogP contribution in [0.15, 0.2) is 24.3 Å².